The van der Waals surface area contributed by atoms with Crippen LogP contribution in [-0.4, -0.2) is 49.6 Å². The highest BCUT2D eigenvalue weighted by atomic mass is 35.5. The van der Waals surface area contributed by atoms with Gasteiger partial charge in [0.1, 0.15) is 11.3 Å². The summed E-state index contributed by atoms with van der Waals surface area (Å²) in [6.07, 6.45) is 0.840. The summed E-state index contributed by atoms with van der Waals surface area (Å²) in [5.41, 5.74) is 1.82. The van der Waals surface area contributed by atoms with Crippen LogP contribution in [0.5, 0.6) is 5.75 Å². The SMILES string of the molecule is Cc1cccc(OCC(=O)N(CCCN(C)C)c2nc3c(Cl)cccc3s2)c1. The fourth-order valence-electron chi connectivity index (χ4n) is 2.82. The van der Waals surface area contributed by atoms with Crippen molar-refractivity contribution >= 4 is 44.2 Å². The van der Waals surface area contributed by atoms with Crippen LogP contribution in [0.2, 0.25) is 5.02 Å². The zero-order valence-electron chi connectivity index (χ0n) is 16.3. The van der Waals surface area contributed by atoms with Gasteiger partial charge in [-0.2, -0.15) is 0 Å². The number of benzene rings is 2. The van der Waals surface area contributed by atoms with Crippen LogP contribution >= 0.6 is 22.9 Å². The molecule has 0 bridgehead atoms. The van der Waals surface area contributed by atoms with Gasteiger partial charge in [-0.05, 0) is 63.8 Å². The number of hydrogen-bond donors (Lipinski definition) is 0. The fourth-order valence-corrected chi connectivity index (χ4v) is 4.13. The first kappa shape index (κ1) is 20.6. The van der Waals surface area contributed by atoms with E-state index >= 15 is 0 Å². The maximum Gasteiger partial charge on any atom is 0.266 e. The molecule has 0 saturated heterocycles. The van der Waals surface area contributed by atoms with Gasteiger partial charge in [0.25, 0.3) is 5.91 Å². The van der Waals surface area contributed by atoms with Crippen molar-refractivity contribution in [2.24, 2.45) is 0 Å². The van der Waals surface area contributed by atoms with Crippen LogP contribution in [0.3, 0.4) is 0 Å². The van der Waals surface area contributed by atoms with Crippen LogP contribution in [-0.2, 0) is 4.79 Å². The van der Waals surface area contributed by atoms with Gasteiger partial charge in [0.05, 0.1) is 9.72 Å². The minimum absolute atomic E-state index is 0.0327. The zero-order valence-corrected chi connectivity index (χ0v) is 17.9. The van der Waals surface area contributed by atoms with Gasteiger partial charge in [-0.15, -0.1) is 0 Å². The lowest BCUT2D eigenvalue weighted by molar-refractivity contribution is -0.120. The molecule has 2 aromatic carbocycles. The summed E-state index contributed by atoms with van der Waals surface area (Å²) in [5, 5.41) is 1.25. The number of ether oxygens (including phenoxy) is 1. The van der Waals surface area contributed by atoms with Crippen molar-refractivity contribution < 1.29 is 9.53 Å². The fraction of sp³-hybridized carbons (Fsp3) is 0.333. The summed E-state index contributed by atoms with van der Waals surface area (Å²) in [4.78, 5) is 21.4. The smallest absolute Gasteiger partial charge is 0.266 e. The Hall–Kier alpha value is -2.15. The summed E-state index contributed by atoms with van der Waals surface area (Å²) in [5.74, 6) is 0.573. The molecule has 0 aliphatic carbocycles. The quantitative estimate of drug-likeness (QED) is 0.536. The van der Waals surface area contributed by atoms with Crippen molar-refractivity contribution in [2.45, 2.75) is 13.3 Å². The third-order valence-electron chi connectivity index (χ3n) is 4.23. The molecule has 0 N–H and O–H groups in total. The first-order valence-electron chi connectivity index (χ1n) is 9.13. The summed E-state index contributed by atoms with van der Waals surface area (Å²) in [6.45, 7) is 3.42. The standard InChI is InChI=1S/C21H24ClN3O2S/c1-15-7-4-8-16(13-15)27-14-19(26)25(12-6-11-24(2)3)21-23-20-17(22)9-5-10-18(20)28-21/h4-5,7-10,13H,6,11-12,14H2,1-3H3. The number of amides is 1. The van der Waals surface area contributed by atoms with E-state index in [0.717, 1.165) is 28.7 Å². The lowest BCUT2D eigenvalue weighted by atomic mass is 10.2. The molecule has 3 aromatic rings. The van der Waals surface area contributed by atoms with Gasteiger partial charge in [-0.25, -0.2) is 4.98 Å². The molecule has 1 amide bonds. The zero-order chi connectivity index (χ0) is 20.1. The van der Waals surface area contributed by atoms with E-state index in [4.69, 9.17) is 16.3 Å². The highest BCUT2D eigenvalue weighted by molar-refractivity contribution is 7.22. The van der Waals surface area contributed by atoms with Gasteiger partial charge < -0.3 is 9.64 Å². The molecule has 5 nitrogen and oxygen atoms in total. The number of para-hydroxylation sites is 1. The molecule has 0 spiro atoms. The van der Waals surface area contributed by atoms with Gasteiger partial charge in [0.15, 0.2) is 11.7 Å². The molecule has 0 saturated carbocycles. The Morgan fingerprint density at radius 3 is 2.68 bits per heavy atom. The molecule has 0 aliphatic rings. The molecule has 0 atom stereocenters. The first-order valence-corrected chi connectivity index (χ1v) is 10.3. The number of rotatable bonds is 8. The molecule has 0 fully saturated rings. The van der Waals surface area contributed by atoms with Crippen LogP contribution in [0.1, 0.15) is 12.0 Å². The van der Waals surface area contributed by atoms with E-state index in [1.165, 1.54) is 11.3 Å². The Kier molecular flexibility index (Phi) is 6.88. The molecule has 1 heterocycles. The van der Waals surface area contributed by atoms with Crippen molar-refractivity contribution in [1.29, 1.82) is 0 Å². The minimum atomic E-state index is -0.115. The van der Waals surface area contributed by atoms with E-state index in [1.807, 2.05) is 63.5 Å². The second-order valence-electron chi connectivity index (χ2n) is 6.89. The Morgan fingerprint density at radius 1 is 1.18 bits per heavy atom. The number of carbonyl (C=O) groups excluding carboxylic acids is 1. The number of fused-ring (bicyclic) bond motifs is 1. The summed E-state index contributed by atoms with van der Waals surface area (Å²) in [6, 6.07) is 13.4. The number of thiazole rings is 1. The van der Waals surface area contributed by atoms with E-state index < -0.39 is 0 Å². The Labute approximate surface area is 174 Å². The Balaban J connectivity index is 1.78. The number of anilines is 1. The van der Waals surface area contributed by atoms with Gasteiger partial charge in [-0.1, -0.05) is 41.1 Å². The van der Waals surface area contributed by atoms with Crippen molar-refractivity contribution in [3.8, 4) is 5.75 Å². The van der Waals surface area contributed by atoms with Crippen LogP contribution in [0, 0.1) is 6.92 Å². The lowest BCUT2D eigenvalue weighted by Crippen LogP contribution is -2.36. The summed E-state index contributed by atoms with van der Waals surface area (Å²) in [7, 11) is 4.04. The predicted molar refractivity (Wildman–Crippen MR) is 117 cm³/mol. The van der Waals surface area contributed by atoms with Gasteiger partial charge in [-0.3, -0.25) is 9.69 Å². The van der Waals surface area contributed by atoms with Gasteiger partial charge >= 0.3 is 0 Å². The van der Waals surface area contributed by atoms with Gasteiger partial charge in [0, 0.05) is 6.54 Å². The van der Waals surface area contributed by atoms with Crippen LogP contribution in [0.4, 0.5) is 5.13 Å². The average molecular weight is 418 g/mol. The Bertz CT molecular complexity index is 958. The highest BCUT2D eigenvalue weighted by Gasteiger charge is 2.21. The number of nitrogens with zero attached hydrogens (tertiary/aromatic N) is 3. The number of aryl methyl sites for hydroxylation is 1. The number of halogens is 1. The van der Waals surface area contributed by atoms with Crippen molar-refractivity contribution in [1.82, 2.24) is 9.88 Å². The number of carbonyl (C=O) groups is 1. The highest BCUT2D eigenvalue weighted by Crippen LogP contribution is 2.33. The third kappa shape index (κ3) is 5.22. The largest absolute Gasteiger partial charge is 0.484 e. The molecule has 1 aromatic heterocycles. The molecule has 7 heteroatoms. The number of hydrogen-bond acceptors (Lipinski definition) is 5. The van der Waals surface area contributed by atoms with Crippen molar-refractivity contribution in [3.63, 3.8) is 0 Å². The Morgan fingerprint density at radius 2 is 1.96 bits per heavy atom. The van der Waals surface area contributed by atoms with E-state index in [1.54, 1.807) is 4.90 Å². The maximum absolute atomic E-state index is 13.0. The monoisotopic (exact) mass is 417 g/mol. The van der Waals surface area contributed by atoms with Crippen LogP contribution in [0.25, 0.3) is 10.2 Å². The summed E-state index contributed by atoms with van der Waals surface area (Å²) < 4.78 is 6.69. The molecule has 0 radical (unpaired) electrons. The van der Waals surface area contributed by atoms with Crippen LogP contribution < -0.4 is 9.64 Å². The third-order valence-corrected chi connectivity index (χ3v) is 5.58. The van der Waals surface area contributed by atoms with Crippen LogP contribution in [0.15, 0.2) is 42.5 Å². The predicted octanol–water partition coefficient (Wildman–Crippen LogP) is 4.62. The van der Waals surface area contributed by atoms with E-state index in [0.29, 0.717) is 22.4 Å². The minimum Gasteiger partial charge on any atom is -0.484 e. The molecule has 148 valence electrons. The molecule has 0 unspecified atom stereocenters. The molecular formula is C21H24ClN3O2S. The second-order valence-corrected chi connectivity index (χ2v) is 8.31. The molecular weight excluding hydrogens is 394 g/mol. The summed E-state index contributed by atoms with van der Waals surface area (Å²) >= 11 is 7.74. The van der Waals surface area contributed by atoms with Gasteiger partial charge in [0.2, 0.25) is 0 Å². The van der Waals surface area contributed by atoms with E-state index in [2.05, 4.69) is 9.88 Å². The molecule has 0 aliphatic heterocycles. The molecule has 28 heavy (non-hydrogen) atoms. The normalized spacial score (nSPS) is 11.2. The van der Waals surface area contributed by atoms with E-state index in [-0.39, 0.29) is 12.5 Å². The number of aromatic nitrogens is 1. The topological polar surface area (TPSA) is 45.7 Å². The second kappa shape index (κ2) is 9.37. The van der Waals surface area contributed by atoms with Crippen molar-refractivity contribution in [3.05, 3.63) is 53.1 Å². The average Bonchev–Trinajstić information content (AvgIpc) is 3.08. The maximum atomic E-state index is 13.0. The first-order chi connectivity index (χ1) is 13.4. The molecule has 3 rings (SSSR count). The lowest BCUT2D eigenvalue weighted by Gasteiger charge is -2.21. The van der Waals surface area contributed by atoms with E-state index in [9.17, 15) is 4.79 Å². The van der Waals surface area contributed by atoms with Crippen molar-refractivity contribution in [2.75, 3.05) is 38.7 Å².